The zero-order valence-corrected chi connectivity index (χ0v) is 25.0. The van der Waals surface area contributed by atoms with Gasteiger partial charge in [-0.1, -0.05) is 13.8 Å². The number of hydrogen-bond donors (Lipinski definition) is 1. The van der Waals surface area contributed by atoms with Crippen LogP contribution in [-0.2, 0) is 19.5 Å². The van der Waals surface area contributed by atoms with E-state index in [0.717, 1.165) is 18.8 Å². The highest BCUT2D eigenvalue weighted by atomic mass is 32.2. The van der Waals surface area contributed by atoms with E-state index >= 15 is 0 Å². The van der Waals surface area contributed by atoms with Gasteiger partial charge < -0.3 is 23.8 Å². The number of sulfonamides is 1. The van der Waals surface area contributed by atoms with Gasteiger partial charge >= 0.3 is 0 Å². The Morgan fingerprint density at radius 2 is 1.79 bits per heavy atom. The maximum Gasteiger partial charge on any atom is 0.245 e. The van der Waals surface area contributed by atoms with Crippen LogP contribution in [0.4, 0.5) is 16.3 Å². The lowest BCUT2D eigenvalue weighted by Gasteiger charge is -2.37. The molecule has 42 heavy (non-hydrogen) atoms. The van der Waals surface area contributed by atoms with Crippen molar-refractivity contribution in [2.45, 2.75) is 57.5 Å². The molecule has 0 aliphatic carbocycles. The number of halogens is 1. The molecule has 0 spiro atoms. The molecule has 5 rings (SSSR count). The quantitative estimate of drug-likeness (QED) is 0.355. The van der Waals surface area contributed by atoms with E-state index in [4.69, 9.17) is 18.9 Å². The van der Waals surface area contributed by atoms with Crippen LogP contribution >= 0.6 is 0 Å². The lowest BCUT2D eigenvalue weighted by atomic mass is 10.1. The number of methoxy groups -OCH3 is 2. The fraction of sp³-hybridized carbons (Fsp3) is 0.600. The number of nitrogens with zero attached hydrogens (tertiary/aromatic N) is 8. The minimum Gasteiger partial charge on any atom is -0.479 e. The van der Waals surface area contributed by atoms with E-state index < -0.39 is 33.3 Å². The van der Waals surface area contributed by atoms with Gasteiger partial charge in [0.2, 0.25) is 33.7 Å². The molecular weight excluding hydrogens is 573 g/mol. The third kappa shape index (κ3) is 6.68. The topological polar surface area (TPSA) is 169 Å². The van der Waals surface area contributed by atoms with Crippen molar-refractivity contribution in [3.8, 4) is 17.4 Å². The highest BCUT2D eigenvalue weighted by Crippen LogP contribution is 2.37. The van der Waals surface area contributed by atoms with Crippen molar-refractivity contribution in [3.63, 3.8) is 0 Å². The summed E-state index contributed by atoms with van der Waals surface area (Å²) < 4.78 is 67.7. The molecule has 2 fully saturated rings. The summed E-state index contributed by atoms with van der Waals surface area (Å²) in [6.45, 7) is 7.13. The number of anilines is 2. The SMILES string of the molecule is CC.CCO[C@@H]1C[C@H](S(=O)(=O)Nc2nnc([C@@H]3CCCO3)n2-c2c(OC)ncnc2OC)CN(c2ncc(F)cn2)C1.[HH]. The van der Waals surface area contributed by atoms with Crippen molar-refractivity contribution in [1.29, 1.82) is 0 Å². The van der Waals surface area contributed by atoms with E-state index in [1.54, 1.807) is 4.90 Å². The number of aromatic nitrogens is 7. The summed E-state index contributed by atoms with van der Waals surface area (Å²) in [6, 6.07) is 0. The summed E-state index contributed by atoms with van der Waals surface area (Å²) in [4.78, 5) is 18.0. The molecule has 2 aliphatic heterocycles. The van der Waals surface area contributed by atoms with Crippen LogP contribution in [0.5, 0.6) is 11.8 Å². The van der Waals surface area contributed by atoms with Gasteiger partial charge in [-0.05, 0) is 26.2 Å². The number of ether oxygens (including phenoxy) is 4. The van der Waals surface area contributed by atoms with Gasteiger partial charge in [-0.25, -0.2) is 22.8 Å². The van der Waals surface area contributed by atoms with Crippen LogP contribution in [0.15, 0.2) is 18.7 Å². The van der Waals surface area contributed by atoms with Crippen molar-refractivity contribution in [2.24, 2.45) is 0 Å². The highest BCUT2D eigenvalue weighted by molar-refractivity contribution is 7.93. The molecule has 0 aromatic carbocycles. The van der Waals surface area contributed by atoms with Crippen molar-refractivity contribution in [1.82, 2.24) is 34.7 Å². The molecule has 3 atom stereocenters. The van der Waals surface area contributed by atoms with E-state index in [1.165, 1.54) is 25.1 Å². The normalized spacial score (nSPS) is 20.5. The van der Waals surface area contributed by atoms with E-state index in [1.807, 2.05) is 20.8 Å². The predicted molar refractivity (Wildman–Crippen MR) is 152 cm³/mol. The summed E-state index contributed by atoms with van der Waals surface area (Å²) in [5.74, 6) is 0.0923. The Bertz CT molecular complexity index is 1400. The molecule has 3 aromatic rings. The van der Waals surface area contributed by atoms with Gasteiger partial charge in [0.1, 0.15) is 17.7 Å². The van der Waals surface area contributed by atoms with Crippen LogP contribution in [0.1, 0.15) is 53.4 Å². The van der Waals surface area contributed by atoms with Crippen LogP contribution in [0.25, 0.3) is 5.69 Å². The Morgan fingerprint density at radius 1 is 1.10 bits per heavy atom. The summed E-state index contributed by atoms with van der Waals surface area (Å²) in [7, 11) is -1.26. The van der Waals surface area contributed by atoms with Gasteiger partial charge in [0.05, 0.1) is 32.7 Å². The Hall–Kier alpha value is -3.70. The molecule has 3 aromatic heterocycles. The molecule has 0 amide bonds. The third-order valence-corrected chi connectivity index (χ3v) is 8.30. The molecule has 0 radical (unpaired) electrons. The molecule has 0 saturated carbocycles. The van der Waals surface area contributed by atoms with Crippen molar-refractivity contribution in [3.05, 3.63) is 30.4 Å². The van der Waals surface area contributed by atoms with Crippen LogP contribution < -0.4 is 19.1 Å². The smallest absolute Gasteiger partial charge is 0.245 e. The van der Waals surface area contributed by atoms with Crippen molar-refractivity contribution >= 4 is 21.9 Å². The lowest BCUT2D eigenvalue weighted by molar-refractivity contribution is 0.0531. The standard InChI is InChI=1S/C23H30FN9O6S.C2H6.H2/c1-4-38-15-8-16(12-32(11-15)22-25-9-14(24)10-26-22)40(34,35)31-23-30-29-19(17-6-5-7-39-17)33(23)18-20(36-2)27-13-28-21(18)37-3;1-2;/h9-10,13,15-17H,4-8,11-12H2,1-3H3,(H,30,31);1-2H3;1H/t15-,16+,17+;;/m1../s1. The highest BCUT2D eigenvalue weighted by Gasteiger charge is 2.39. The van der Waals surface area contributed by atoms with Crippen molar-refractivity contribution < 1.29 is 33.2 Å². The first kappa shape index (κ1) is 31.2. The van der Waals surface area contributed by atoms with Gasteiger partial charge in [0.25, 0.3) is 0 Å². The van der Waals surface area contributed by atoms with Gasteiger partial charge in [-0.3, -0.25) is 9.29 Å². The first-order valence-corrected chi connectivity index (χ1v) is 15.2. The Balaban J connectivity index is 0.00000165. The zero-order chi connectivity index (χ0) is 30.3. The van der Waals surface area contributed by atoms with E-state index in [0.29, 0.717) is 32.0 Å². The van der Waals surface area contributed by atoms with Crippen LogP contribution in [0.3, 0.4) is 0 Å². The number of nitrogens with one attached hydrogen (secondary N) is 1. The molecule has 232 valence electrons. The summed E-state index contributed by atoms with van der Waals surface area (Å²) in [5.41, 5.74) is 0.220. The summed E-state index contributed by atoms with van der Waals surface area (Å²) >= 11 is 0. The van der Waals surface area contributed by atoms with Gasteiger partial charge in [0, 0.05) is 27.7 Å². The molecule has 15 nitrogen and oxygen atoms in total. The van der Waals surface area contributed by atoms with Gasteiger partial charge in [-0.15, -0.1) is 10.2 Å². The molecule has 1 N–H and O–H groups in total. The second-order valence-electron chi connectivity index (χ2n) is 9.15. The Kier molecular flexibility index (Phi) is 10.4. The molecule has 0 unspecified atom stereocenters. The first-order valence-electron chi connectivity index (χ1n) is 13.7. The van der Waals surface area contributed by atoms with Crippen LogP contribution in [0, 0.1) is 5.82 Å². The third-order valence-electron chi connectivity index (χ3n) is 6.61. The minimum atomic E-state index is -4.10. The predicted octanol–water partition coefficient (Wildman–Crippen LogP) is 2.55. The Morgan fingerprint density at radius 3 is 2.38 bits per heavy atom. The molecule has 2 aliphatic rings. The average molecular weight is 612 g/mol. The number of hydrogen-bond acceptors (Lipinski definition) is 13. The maximum atomic E-state index is 13.9. The van der Waals surface area contributed by atoms with Gasteiger partial charge in [0.15, 0.2) is 17.3 Å². The minimum absolute atomic E-state index is 0. The number of piperidine rings is 1. The Labute approximate surface area is 245 Å². The average Bonchev–Trinajstić information content (AvgIpc) is 3.68. The maximum absolute atomic E-state index is 13.9. The molecule has 0 bridgehead atoms. The first-order chi connectivity index (χ1) is 20.3. The molecular formula is C25H38FN9O6S. The summed E-state index contributed by atoms with van der Waals surface area (Å²) in [6.07, 6.45) is 4.13. The second kappa shape index (κ2) is 14.0. The number of rotatable bonds is 10. The van der Waals surface area contributed by atoms with Gasteiger partial charge in [-0.2, -0.15) is 9.97 Å². The molecule has 5 heterocycles. The summed E-state index contributed by atoms with van der Waals surface area (Å²) in [5, 5.41) is 7.49. The monoisotopic (exact) mass is 611 g/mol. The fourth-order valence-corrected chi connectivity index (χ4v) is 6.24. The van der Waals surface area contributed by atoms with Crippen molar-refractivity contribution in [2.75, 3.05) is 50.1 Å². The lowest BCUT2D eigenvalue weighted by Crippen LogP contribution is -2.51. The van der Waals surface area contributed by atoms with Crippen LogP contribution in [0.2, 0.25) is 0 Å². The molecule has 2 saturated heterocycles. The second-order valence-corrected chi connectivity index (χ2v) is 11.1. The van der Waals surface area contributed by atoms with E-state index in [9.17, 15) is 12.8 Å². The van der Waals surface area contributed by atoms with Crippen LogP contribution in [-0.4, -0.2) is 95.0 Å². The zero-order valence-electron chi connectivity index (χ0n) is 24.2. The molecule has 17 heteroatoms. The largest absolute Gasteiger partial charge is 0.479 e. The fourth-order valence-electron chi connectivity index (χ4n) is 4.84. The van der Waals surface area contributed by atoms with E-state index in [-0.39, 0.29) is 43.7 Å². The van der Waals surface area contributed by atoms with E-state index in [2.05, 4.69) is 34.9 Å².